The highest BCUT2D eigenvalue weighted by atomic mass is 35.5. The van der Waals surface area contributed by atoms with E-state index >= 15 is 0 Å². The zero-order chi connectivity index (χ0) is 26.5. The van der Waals surface area contributed by atoms with E-state index in [1.54, 1.807) is 41.1 Å². The molecule has 0 atom stereocenters. The van der Waals surface area contributed by atoms with Crippen molar-refractivity contribution in [2.45, 2.75) is 24.8 Å². The van der Waals surface area contributed by atoms with Crippen LogP contribution in [0.4, 0.5) is 5.69 Å². The monoisotopic (exact) mass is 542 g/mol. The quantitative estimate of drug-likeness (QED) is 0.173. The average molecular weight is 543 g/mol. The number of thioether (sulfide) groups is 1. The second-order valence-electron chi connectivity index (χ2n) is 8.39. The molecule has 1 amide bonds. The highest BCUT2D eigenvalue weighted by Crippen LogP contribution is 2.26. The molecule has 38 heavy (non-hydrogen) atoms. The molecule has 190 valence electrons. The summed E-state index contributed by atoms with van der Waals surface area (Å²) >= 11 is 7.49. The van der Waals surface area contributed by atoms with Gasteiger partial charge in [-0.15, -0.1) is 5.10 Å². The van der Waals surface area contributed by atoms with Gasteiger partial charge >= 0.3 is 0 Å². The van der Waals surface area contributed by atoms with Crippen molar-refractivity contribution in [3.63, 3.8) is 0 Å². The molecule has 5 rings (SSSR count). The molecule has 0 aliphatic heterocycles. The number of hydrogen-bond donors (Lipinski definition) is 1. The van der Waals surface area contributed by atoms with Crippen molar-refractivity contribution in [1.29, 1.82) is 0 Å². The first-order chi connectivity index (χ1) is 18.4. The minimum absolute atomic E-state index is 0.210. The molecule has 0 spiro atoms. The smallest absolute Gasteiger partial charge is 0.278 e. The van der Waals surface area contributed by atoms with Crippen molar-refractivity contribution >= 4 is 35.0 Å². The first-order valence-corrected chi connectivity index (χ1v) is 13.1. The highest BCUT2D eigenvalue weighted by Gasteiger charge is 2.22. The largest absolute Gasteiger partial charge is 0.457 e. The third-order valence-electron chi connectivity index (χ3n) is 5.44. The number of nitrogens with one attached hydrogen (secondary N) is 1. The van der Waals surface area contributed by atoms with Crippen molar-refractivity contribution in [3.05, 3.63) is 113 Å². The topological polar surface area (TPSA) is 94.8 Å². The highest BCUT2D eigenvalue weighted by molar-refractivity contribution is 7.98. The number of hydrogen-bond acceptors (Lipinski definition) is 7. The number of aryl methyl sites for hydroxylation is 2. The van der Waals surface area contributed by atoms with Crippen LogP contribution < -0.4 is 10.1 Å². The Balaban J connectivity index is 1.38. The lowest BCUT2D eigenvalue weighted by Crippen LogP contribution is -2.15. The zero-order valence-corrected chi connectivity index (χ0v) is 22.2. The van der Waals surface area contributed by atoms with E-state index in [9.17, 15) is 4.79 Å². The molecule has 0 aliphatic rings. The average Bonchev–Trinajstić information content (AvgIpc) is 3.33. The van der Waals surface area contributed by atoms with E-state index in [1.165, 1.54) is 11.8 Å². The van der Waals surface area contributed by atoms with Gasteiger partial charge < -0.3 is 10.1 Å². The number of halogens is 1. The third kappa shape index (κ3) is 6.19. The van der Waals surface area contributed by atoms with E-state index < -0.39 is 0 Å². The number of amides is 1. The van der Waals surface area contributed by atoms with E-state index in [-0.39, 0.29) is 11.6 Å². The molecule has 0 unspecified atom stereocenters. The molecule has 0 saturated heterocycles. The van der Waals surface area contributed by atoms with Crippen molar-refractivity contribution in [1.82, 2.24) is 25.0 Å². The standard InChI is InChI=1S/C28H23ClN6O2S/c1-18-16-19(2)31-28(30-18)38-17-25-26(33-34-35(25)22-12-8-20(29)9-13-22)27(36)32-21-10-14-24(15-11-21)37-23-6-4-3-5-7-23/h3-16H,17H2,1-2H3,(H,32,36). The maximum atomic E-state index is 13.3. The number of rotatable bonds is 8. The summed E-state index contributed by atoms with van der Waals surface area (Å²) in [5, 5.41) is 12.6. The summed E-state index contributed by atoms with van der Waals surface area (Å²) in [5.74, 6) is 1.40. The van der Waals surface area contributed by atoms with Crippen molar-refractivity contribution in [2.24, 2.45) is 0 Å². The minimum atomic E-state index is -0.376. The van der Waals surface area contributed by atoms with Crippen LogP contribution in [0.1, 0.15) is 27.6 Å². The first kappa shape index (κ1) is 25.4. The third-order valence-corrected chi connectivity index (χ3v) is 6.55. The van der Waals surface area contributed by atoms with Gasteiger partial charge in [0.05, 0.1) is 11.4 Å². The Hall–Kier alpha value is -4.21. The van der Waals surface area contributed by atoms with Gasteiger partial charge in [-0.1, -0.05) is 46.8 Å². The molecule has 0 bridgehead atoms. The normalized spacial score (nSPS) is 10.8. The van der Waals surface area contributed by atoms with E-state index in [4.69, 9.17) is 16.3 Å². The predicted octanol–water partition coefficient (Wildman–Crippen LogP) is 6.66. The number of carbonyl (C=O) groups is 1. The van der Waals surface area contributed by atoms with Crippen LogP contribution in [0.2, 0.25) is 5.02 Å². The second-order valence-corrected chi connectivity index (χ2v) is 9.77. The lowest BCUT2D eigenvalue weighted by Gasteiger charge is -2.10. The maximum Gasteiger partial charge on any atom is 0.278 e. The van der Waals surface area contributed by atoms with Crippen molar-refractivity contribution < 1.29 is 9.53 Å². The number of para-hydroxylation sites is 1. The lowest BCUT2D eigenvalue weighted by atomic mass is 10.2. The van der Waals surface area contributed by atoms with Crippen molar-refractivity contribution in [2.75, 3.05) is 5.32 Å². The van der Waals surface area contributed by atoms with Gasteiger partial charge in [0, 0.05) is 27.9 Å². The molecule has 0 radical (unpaired) electrons. The van der Waals surface area contributed by atoms with Gasteiger partial charge in [0.1, 0.15) is 11.5 Å². The van der Waals surface area contributed by atoms with Crippen LogP contribution >= 0.6 is 23.4 Å². The zero-order valence-electron chi connectivity index (χ0n) is 20.6. The van der Waals surface area contributed by atoms with Crippen LogP contribution in [-0.4, -0.2) is 30.9 Å². The SMILES string of the molecule is Cc1cc(C)nc(SCc2c(C(=O)Nc3ccc(Oc4ccccc4)cc3)nnn2-c2ccc(Cl)cc2)n1. The van der Waals surface area contributed by atoms with E-state index in [1.807, 2.05) is 62.4 Å². The van der Waals surface area contributed by atoms with Crippen LogP contribution in [0, 0.1) is 13.8 Å². The van der Waals surface area contributed by atoms with Gasteiger partial charge in [0.15, 0.2) is 10.9 Å². The summed E-state index contributed by atoms with van der Waals surface area (Å²) in [5.41, 5.74) is 3.92. The summed E-state index contributed by atoms with van der Waals surface area (Å²) in [6.07, 6.45) is 0. The summed E-state index contributed by atoms with van der Waals surface area (Å²) in [6, 6.07) is 25.7. The molecule has 8 nitrogen and oxygen atoms in total. The van der Waals surface area contributed by atoms with E-state index in [0.717, 1.165) is 22.8 Å². The summed E-state index contributed by atoms with van der Waals surface area (Å²) in [7, 11) is 0. The summed E-state index contributed by atoms with van der Waals surface area (Å²) in [4.78, 5) is 22.3. The lowest BCUT2D eigenvalue weighted by molar-refractivity contribution is 0.102. The Morgan fingerprint density at radius 3 is 2.26 bits per heavy atom. The number of nitrogens with zero attached hydrogens (tertiary/aromatic N) is 5. The Morgan fingerprint density at radius 1 is 0.921 bits per heavy atom. The fraction of sp³-hybridized carbons (Fsp3) is 0.107. The van der Waals surface area contributed by atoms with Gasteiger partial charge in [0.2, 0.25) is 0 Å². The van der Waals surface area contributed by atoms with E-state index in [0.29, 0.717) is 33.1 Å². The van der Waals surface area contributed by atoms with Crippen LogP contribution in [0.5, 0.6) is 11.5 Å². The number of ether oxygens (including phenoxy) is 1. The van der Waals surface area contributed by atoms with Crippen LogP contribution in [0.3, 0.4) is 0 Å². The number of anilines is 1. The second kappa shape index (κ2) is 11.5. The Bertz CT molecular complexity index is 1540. The molecule has 3 aromatic carbocycles. The first-order valence-electron chi connectivity index (χ1n) is 11.7. The van der Waals surface area contributed by atoms with Gasteiger partial charge in [0.25, 0.3) is 5.91 Å². The molecular formula is C28H23ClN6O2S. The fourth-order valence-corrected chi connectivity index (χ4v) is 4.78. The minimum Gasteiger partial charge on any atom is -0.457 e. The molecule has 2 heterocycles. The van der Waals surface area contributed by atoms with Gasteiger partial charge in [-0.25, -0.2) is 14.6 Å². The fourth-order valence-electron chi connectivity index (χ4n) is 3.71. The molecule has 0 aliphatic carbocycles. The molecular weight excluding hydrogens is 520 g/mol. The van der Waals surface area contributed by atoms with Crippen LogP contribution in [0.15, 0.2) is 90.1 Å². The van der Waals surface area contributed by atoms with Crippen molar-refractivity contribution in [3.8, 4) is 17.2 Å². The predicted molar refractivity (Wildman–Crippen MR) is 148 cm³/mol. The number of aromatic nitrogens is 5. The van der Waals surface area contributed by atoms with Gasteiger partial charge in [-0.3, -0.25) is 4.79 Å². The Kier molecular flexibility index (Phi) is 7.67. The molecule has 2 aromatic heterocycles. The van der Waals surface area contributed by atoms with Crippen LogP contribution in [0.25, 0.3) is 5.69 Å². The summed E-state index contributed by atoms with van der Waals surface area (Å²) < 4.78 is 7.47. The Labute approximate surface area is 229 Å². The van der Waals surface area contributed by atoms with Crippen LogP contribution in [-0.2, 0) is 5.75 Å². The Morgan fingerprint density at radius 2 is 1.58 bits per heavy atom. The summed E-state index contributed by atoms with van der Waals surface area (Å²) in [6.45, 7) is 3.85. The molecule has 0 fully saturated rings. The molecule has 5 aromatic rings. The number of benzene rings is 3. The molecule has 1 N–H and O–H groups in total. The maximum absolute atomic E-state index is 13.3. The van der Waals surface area contributed by atoms with E-state index in [2.05, 4.69) is 25.6 Å². The van der Waals surface area contributed by atoms with Gasteiger partial charge in [-0.05, 0) is 80.6 Å². The number of carbonyl (C=O) groups excluding carboxylic acids is 1. The molecule has 10 heteroatoms. The van der Waals surface area contributed by atoms with Gasteiger partial charge in [-0.2, -0.15) is 0 Å². The molecule has 0 saturated carbocycles.